The van der Waals surface area contributed by atoms with Gasteiger partial charge in [-0.25, -0.2) is 4.98 Å². The van der Waals surface area contributed by atoms with Crippen molar-refractivity contribution in [3.8, 4) is 0 Å². The molecule has 0 spiro atoms. The molecule has 2 N–H and O–H groups in total. The molecular formula is C13H19ClN4. The molecule has 0 bridgehead atoms. The summed E-state index contributed by atoms with van der Waals surface area (Å²) in [7, 11) is 1.81. The first-order chi connectivity index (χ1) is 8.78. The minimum absolute atomic E-state index is 0.597. The number of nitrogens with one attached hydrogen (secondary N) is 2. The summed E-state index contributed by atoms with van der Waals surface area (Å²) in [6, 6.07) is 0. The maximum atomic E-state index is 6.11. The number of halogens is 1. The topological polar surface area (TPSA) is 49.8 Å². The maximum absolute atomic E-state index is 6.11. The van der Waals surface area contributed by atoms with Gasteiger partial charge in [0.2, 0.25) is 5.95 Å². The molecule has 3 rings (SSSR count). The minimum atomic E-state index is 0.597. The summed E-state index contributed by atoms with van der Waals surface area (Å²) in [5.74, 6) is 4.05. The number of nitrogens with zero attached hydrogens (tertiary/aromatic N) is 2. The molecule has 0 amide bonds. The van der Waals surface area contributed by atoms with E-state index in [0.717, 1.165) is 30.1 Å². The van der Waals surface area contributed by atoms with Crippen molar-refractivity contribution in [1.82, 2.24) is 9.97 Å². The van der Waals surface area contributed by atoms with Gasteiger partial charge in [-0.15, -0.1) is 0 Å². The van der Waals surface area contributed by atoms with Crippen molar-refractivity contribution in [2.24, 2.45) is 17.8 Å². The summed E-state index contributed by atoms with van der Waals surface area (Å²) < 4.78 is 0. The summed E-state index contributed by atoms with van der Waals surface area (Å²) in [6.07, 6.45) is 7.26. The second kappa shape index (κ2) is 4.92. The number of anilines is 2. The average Bonchev–Trinajstić information content (AvgIpc) is 3.25. The van der Waals surface area contributed by atoms with Crippen molar-refractivity contribution < 1.29 is 0 Å². The largest absolute Gasteiger partial charge is 0.368 e. The van der Waals surface area contributed by atoms with Crippen molar-refractivity contribution in [3.63, 3.8) is 0 Å². The van der Waals surface area contributed by atoms with Crippen LogP contribution < -0.4 is 10.6 Å². The van der Waals surface area contributed by atoms with Crippen molar-refractivity contribution >= 4 is 23.4 Å². The van der Waals surface area contributed by atoms with Gasteiger partial charge in [-0.2, -0.15) is 4.98 Å². The van der Waals surface area contributed by atoms with Crippen LogP contribution in [0.25, 0.3) is 0 Å². The van der Waals surface area contributed by atoms with Crippen LogP contribution in [0, 0.1) is 17.8 Å². The first kappa shape index (κ1) is 12.0. The van der Waals surface area contributed by atoms with E-state index in [1.54, 1.807) is 6.20 Å². The Labute approximate surface area is 113 Å². The predicted molar refractivity (Wildman–Crippen MR) is 74.0 cm³/mol. The summed E-state index contributed by atoms with van der Waals surface area (Å²) in [6.45, 7) is 0.995. The SMILES string of the molecule is CNc1ncc(Cl)c(NCC(C2CC2)C2CC2)n1. The molecule has 0 aliphatic heterocycles. The van der Waals surface area contributed by atoms with Gasteiger partial charge < -0.3 is 10.6 Å². The molecule has 2 aliphatic carbocycles. The van der Waals surface area contributed by atoms with Crippen molar-refractivity contribution in [2.45, 2.75) is 25.7 Å². The molecule has 1 aromatic heterocycles. The van der Waals surface area contributed by atoms with Gasteiger partial charge in [0.1, 0.15) is 10.8 Å². The molecule has 1 aromatic rings. The highest BCUT2D eigenvalue weighted by molar-refractivity contribution is 6.32. The minimum Gasteiger partial charge on any atom is -0.368 e. The van der Waals surface area contributed by atoms with E-state index >= 15 is 0 Å². The molecule has 4 nitrogen and oxygen atoms in total. The molecule has 2 fully saturated rings. The molecule has 0 unspecified atom stereocenters. The van der Waals surface area contributed by atoms with E-state index in [1.807, 2.05) is 7.05 Å². The Morgan fingerprint density at radius 1 is 1.33 bits per heavy atom. The first-order valence-corrected chi connectivity index (χ1v) is 7.10. The fourth-order valence-corrected chi connectivity index (χ4v) is 2.75. The van der Waals surface area contributed by atoms with Gasteiger partial charge in [0.25, 0.3) is 0 Å². The lowest BCUT2D eigenvalue weighted by Crippen LogP contribution is -2.19. The van der Waals surface area contributed by atoms with Crippen LogP contribution in [-0.2, 0) is 0 Å². The number of rotatable bonds is 6. The summed E-state index contributed by atoms with van der Waals surface area (Å²) in [5.41, 5.74) is 0. The highest BCUT2D eigenvalue weighted by Gasteiger charge is 2.41. The number of hydrogen-bond donors (Lipinski definition) is 2. The third-order valence-electron chi connectivity index (χ3n) is 3.93. The van der Waals surface area contributed by atoms with Crippen LogP contribution >= 0.6 is 11.6 Å². The molecule has 1 heterocycles. The zero-order valence-corrected chi connectivity index (χ0v) is 11.4. The first-order valence-electron chi connectivity index (χ1n) is 6.72. The van der Waals surface area contributed by atoms with E-state index in [1.165, 1.54) is 25.7 Å². The Hall–Kier alpha value is -1.03. The van der Waals surface area contributed by atoms with Crippen LogP contribution in [0.15, 0.2) is 6.20 Å². The highest BCUT2D eigenvalue weighted by Crippen LogP contribution is 2.49. The molecule has 0 radical (unpaired) electrons. The Morgan fingerprint density at radius 3 is 2.56 bits per heavy atom. The van der Waals surface area contributed by atoms with E-state index < -0.39 is 0 Å². The van der Waals surface area contributed by atoms with Crippen LogP contribution in [0.5, 0.6) is 0 Å². The normalized spacial score (nSPS) is 19.1. The van der Waals surface area contributed by atoms with Crippen molar-refractivity contribution in [3.05, 3.63) is 11.2 Å². The molecule has 98 valence electrons. The molecule has 0 saturated heterocycles. The molecule has 18 heavy (non-hydrogen) atoms. The van der Waals surface area contributed by atoms with Crippen LogP contribution in [0.3, 0.4) is 0 Å². The maximum Gasteiger partial charge on any atom is 0.224 e. The van der Waals surface area contributed by atoms with E-state index in [4.69, 9.17) is 11.6 Å². The van der Waals surface area contributed by atoms with Crippen LogP contribution in [-0.4, -0.2) is 23.6 Å². The third kappa shape index (κ3) is 2.69. The zero-order valence-electron chi connectivity index (χ0n) is 10.6. The molecule has 0 atom stereocenters. The van der Waals surface area contributed by atoms with Gasteiger partial charge >= 0.3 is 0 Å². The van der Waals surface area contributed by atoms with Crippen LogP contribution in [0.1, 0.15) is 25.7 Å². The van der Waals surface area contributed by atoms with E-state index in [9.17, 15) is 0 Å². The van der Waals surface area contributed by atoms with Gasteiger partial charge in [0.05, 0.1) is 6.20 Å². The monoisotopic (exact) mass is 266 g/mol. The Kier molecular flexibility index (Phi) is 3.29. The van der Waals surface area contributed by atoms with Crippen molar-refractivity contribution in [1.29, 1.82) is 0 Å². The summed E-state index contributed by atoms with van der Waals surface area (Å²) >= 11 is 6.11. The van der Waals surface area contributed by atoms with Gasteiger partial charge in [-0.3, -0.25) is 0 Å². The van der Waals surface area contributed by atoms with E-state index in [-0.39, 0.29) is 0 Å². The summed E-state index contributed by atoms with van der Waals surface area (Å²) in [4.78, 5) is 8.44. The number of aromatic nitrogens is 2. The number of hydrogen-bond acceptors (Lipinski definition) is 4. The predicted octanol–water partition coefficient (Wildman–Crippen LogP) is 3.02. The van der Waals surface area contributed by atoms with Crippen molar-refractivity contribution in [2.75, 3.05) is 24.2 Å². The van der Waals surface area contributed by atoms with Crippen LogP contribution in [0.4, 0.5) is 11.8 Å². The average molecular weight is 267 g/mol. The fourth-order valence-electron chi connectivity index (χ4n) is 2.59. The molecule has 5 heteroatoms. The van der Waals surface area contributed by atoms with Gasteiger partial charge in [0, 0.05) is 13.6 Å². The molecule has 2 saturated carbocycles. The second-order valence-electron chi connectivity index (χ2n) is 5.36. The lowest BCUT2D eigenvalue weighted by molar-refractivity contribution is 0.427. The lowest BCUT2D eigenvalue weighted by Gasteiger charge is -2.17. The van der Waals surface area contributed by atoms with Gasteiger partial charge in [-0.05, 0) is 43.4 Å². The highest BCUT2D eigenvalue weighted by atomic mass is 35.5. The quantitative estimate of drug-likeness (QED) is 0.831. The van der Waals surface area contributed by atoms with Crippen LogP contribution in [0.2, 0.25) is 5.02 Å². The second-order valence-corrected chi connectivity index (χ2v) is 5.77. The smallest absolute Gasteiger partial charge is 0.224 e. The van der Waals surface area contributed by atoms with Gasteiger partial charge in [0.15, 0.2) is 0 Å². The lowest BCUT2D eigenvalue weighted by atomic mass is 9.98. The standard InChI is InChI=1S/C13H19ClN4/c1-15-13-17-7-11(14)12(18-13)16-6-10(8-2-3-8)9-4-5-9/h7-10H,2-6H2,1H3,(H2,15,16,17,18). The van der Waals surface area contributed by atoms with E-state index in [2.05, 4.69) is 20.6 Å². The fraction of sp³-hybridized carbons (Fsp3) is 0.692. The molecule has 0 aromatic carbocycles. The Balaban J connectivity index is 1.64. The zero-order chi connectivity index (χ0) is 12.5. The molecular weight excluding hydrogens is 248 g/mol. The third-order valence-corrected chi connectivity index (χ3v) is 4.20. The Morgan fingerprint density at radius 2 is 2.00 bits per heavy atom. The molecule has 2 aliphatic rings. The Bertz CT molecular complexity index is 417. The van der Waals surface area contributed by atoms with Gasteiger partial charge in [-0.1, -0.05) is 11.6 Å². The van der Waals surface area contributed by atoms with E-state index in [0.29, 0.717) is 11.0 Å². The summed E-state index contributed by atoms with van der Waals surface area (Å²) in [5, 5.41) is 6.94.